The van der Waals surface area contributed by atoms with Crippen molar-refractivity contribution >= 4 is 23.8 Å². The van der Waals surface area contributed by atoms with Crippen molar-refractivity contribution in [1.82, 2.24) is 15.4 Å². The zero-order valence-corrected chi connectivity index (χ0v) is 26.1. The van der Waals surface area contributed by atoms with Crippen LogP contribution in [0.2, 0.25) is 0 Å². The van der Waals surface area contributed by atoms with Gasteiger partial charge in [0, 0.05) is 42.9 Å². The molecule has 0 saturated carbocycles. The molecule has 2 heterocycles. The molecule has 244 valence electrons. The number of aliphatic hydroxyl groups is 2. The molecule has 0 radical (unpaired) electrons. The summed E-state index contributed by atoms with van der Waals surface area (Å²) in [6.07, 6.45) is 2.41. The van der Waals surface area contributed by atoms with E-state index in [4.69, 9.17) is 14.8 Å². The average molecular weight is 633 g/mol. The molecule has 0 bridgehead atoms. The number of ether oxygens (including phenoxy) is 1. The third kappa shape index (κ3) is 8.35. The number of aryl methyl sites for hydroxylation is 2. The number of aliphatic carboxylic acids is 1. The van der Waals surface area contributed by atoms with E-state index in [1.807, 2.05) is 37.1 Å². The summed E-state index contributed by atoms with van der Waals surface area (Å²) in [4.78, 5) is 28.9. The molecule has 2 aromatic carbocycles. The normalized spacial score (nSPS) is 16.4. The van der Waals surface area contributed by atoms with Gasteiger partial charge in [-0.3, -0.25) is 15.2 Å². The number of hydrogen-bond donors (Lipinski definition) is 5. The molecular formula is C35H41FN4O6. The molecule has 1 aromatic heterocycles. The van der Waals surface area contributed by atoms with Gasteiger partial charge in [0.05, 0.1) is 37.5 Å². The summed E-state index contributed by atoms with van der Waals surface area (Å²) >= 11 is 0. The number of morpholine rings is 1. The van der Waals surface area contributed by atoms with Gasteiger partial charge in [-0.1, -0.05) is 44.2 Å². The summed E-state index contributed by atoms with van der Waals surface area (Å²) in [6, 6.07) is 11.9. The van der Waals surface area contributed by atoms with E-state index in [1.165, 1.54) is 12.1 Å². The topological polar surface area (TPSA) is 144 Å². The molecule has 46 heavy (non-hydrogen) atoms. The van der Waals surface area contributed by atoms with Crippen molar-refractivity contribution in [2.75, 3.05) is 31.6 Å². The number of carboxylic acid groups (broad SMARTS) is 1. The summed E-state index contributed by atoms with van der Waals surface area (Å²) in [6.45, 7) is 6.43. The Hall–Kier alpha value is -4.16. The number of halogens is 1. The smallest absolute Gasteiger partial charge is 0.333 e. The molecule has 0 unspecified atom stereocenters. The summed E-state index contributed by atoms with van der Waals surface area (Å²) in [5, 5.41) is 34.5. The number of urea groups is 1. The van der Waals surface area contributed by atoms with Crippen molar-refractivity contribution in [2.24, 2.45) is 0 Å². The summed E-state index contributed by atoms with van der Waals surface area (Å²) in [7, 11) is 0. The number of amides is 2. The van der Waals surface area contributed by atoms with Crippen LogP contribution in [-0.4, -0.2) is 75.8 Å². The van der Waals surface area contributed by atoms with E-state index in [9.17, 15) is 24.2 Å². The first-order valence-electron chi connectivity index (χ1n) is 15.7. The molecule has 5 N–H and O–H groups in total. The number of fused-ring (bicyclic) bond motifs is 2. The first-order chi connectivity index (χ1) is 22.1. The summed E-state index contributed by atoms with van der Waals surface area (Å²) < 4.78 is 19.5. The van der Waals surface area contributed by atoms with Crippen LogP contribution in [0.3, 0.4) is 0 Å². The van der Waals surface area contributed by atoms with Gasteiger partial charge in [0.2, 0.25) is 0 Å². The number of benzene rings is 2. The quantitative estimate of drug-likeness (QED) is 0.217. The van der Waals surface area contributed by atoms with Gasteiger partial charge in [-0.25, -0.2) is 14.2 Å². The second-order valence-corrected chi connectivity index (χ2v) is 12.1. The lowest BCUT2D eigenvalue weighted by molar-refractivity contribution is -0.139. The number of pyridine rings is 1. The molecule has 1 aliphatic heterocycles. The van der Waals surface area contributed by atoms with Crippen LogP contribution in [0.5, 0.6) is 0 Å². The van der Waals surface area contributed by atoms with Crippen LogP contribution in [0.25, 0.3) is 17.2 Å². The molecule has 5 rings (SSSR count). The van der Waals surface area contributed by atoms with Crippen LogP contribution in [0.1, 0.15) is 66.2 Å². The Bertz CT molecular complexity index is 1590. The van der Waals surface area contributed by atoms with Gasteiger partial charge in [-0.05, 0) is 70.8 Å². The SMILES string of the molecule is CC(C)c1nc2c(c(-c3ccc(F)cc3)c1C=C[C@@H](O)C[C@@H](O)CC(=O)O)Cc1cc(NC(=O)NN3CCOCC3)ccc1CC2. The van der Waals surface area contributed by atoms with Crippen molar-refractivity contribution in [3.63, 3.8) is 0 Å². The Morgan fingerprint density at radius 3 is 2.50 bits per heavy atom. The lowest BCUT2D eigenvalue weighted by Crippen LogP contribution is -2.49. The second kappa shape index (κ2) is 15.0. The van der Waals surface area contributed by atoms with Crippen molar-refractivity contribution in [2.45, 2.75) is 64.1 Å². The Labute approximate surface area is 267 Å². The minimum Gasteiger partial charge on any atom is -0.481 e. The van der Waals surface area contributed by atoms with E-state index in [0.717, 1.165) is 51.2 Å². The minimum absolute atomic E-state index is 0.0188. The maximum absolute atomic E-state index is 14.1. The highest BCUT2D eigenvalue weighted by Gasteiger charge is 2.25. The molecule has 2 aliphatic rings. The number of anilines is 1. The summed E-state index contributed by atoms with van der Waals surface area (Å²) in [5.41, 5.74) is 10.9. The van der Waals surface area contributed by atoms with Crippen LogP contribution < -0.4 is 10.7 Å². The number of hydrazine groups is 1. The van der Waals surface area contributed by atoms with Crippen LogP contribution >= 0.6 is 0 Å². The number of rotatable bonds is 10. The second-order valence-electron chi connectivity index (χ2n) is 12.1. The molecule has 1 fully saturated rings. The zero-order chi connectivity index (χ0) is 32.8. The van der Waals surface area contributed by atoms with E-state index >= 15 is 0 Å². The molecule has 1 aliphatic carbocycles. The number of hydrogen-bond acceptors (Lipinski definition) is 7. The Morgan fingerprint density at radius 2 is 1.80 bits per heavy atom. The van der Waals surface area contributed by atoms with Gasteiger partial charge in [-0.15, -0.1) is 0 Å². The lowest BCUT2D eigenvalue weighted by Gasteiger charge is -2.27. The number of carbonyl (C=O) groups excluding carboxylic acids is 1. The largest absolute Gasteiger partial charge is 0.481 e. The molecule has 0 spiro atoms. The molecule has 2 atom stereocenters. The standard InChI is InChI=1S/C35H41FN4O6/c1-21(2)34-29(11-10-27(41)19-28(42)20-32(43)44)33(23-3-7-25(36)8-4-23)30-18-24-17-26(9-5-22(24)6-12-31(30)38-34)37-35(45)39-40-13-15-46-16-14-40/h3-5,7-11,17,21,27-28,41-42H,6,12-16,18-20H2,1-2H3,(H,43,44)(H2,37,39,45)/t27-,28-/m1/s1. The first kappa shape index (κ1) is 33.2. The van der Waals surface area contributed by atoms with E-state index in [1.54, 1.807) is 24.3 Å². The number of nitrogens with one attached hydrogen (secondary N) is 2. The fourth-order valence-electron chi connectivity index (χ4n) is 6.04. The molecule has 1 saturated heterocycles. The molecule has 10 nitrogen and oxygen atoms in total. The van der Waals surface area contributed by atoms with Gasteiger partial charge in [0.15, 0.2) is 0 Å². The maximum Gasteiger partial charge on any atom is 0.333 e. The van der Waals surface area contributed by atoms with Crippen molar-refractivity contribution < 1.29 is 34.0 Å². The third-order valence-electron chi connectivity index (χ3n) is 8.27. The highest BCUT2D eigenvalue weighted by atomic mass is 19.1. The van der Waals surface area contributed by atoms with Crippen molar-refractivity contribution in [1.29, 1.82) is 0 Å². The zero-order valence-electron chi connectivity index (χ0n) is 26.1. The Balaban J connectivity index is 1.52. The van der Waals surface area contributed by atoms with E-state index < -0.39 is 24.6 Å². The van der Waals surface area contributed by atoms with Crippen molar-refractivity contribution in [3.05, 3.63) is 88.0 Å². The fourth-order valence-corrected chi connectivity index (χ4v) is 6.04. The maximum atomic E-state index is 14.1. The number of carboxylic acids is 1. The fraction of sp³-hybridized carbons (Fsp3) is 0.400. The number of nitrogens with zero attached hydrogens (tertiary/aromatic N) is 2. The number of aliphatic hydroxyl groups excluding tert-OH is 2. The van der Waals surface area contributed by atoms with E-state index in [-0.39, 0.29) is 24.2 Å². The molecule has 3 aromatic rings. The third-order valence-corrected chi connectivity index (χ3v) is 8.27. The van der Waals surface area contributed by atoms with Crippen LogP contribution in [-0.2, 0) is 28.8 Å². The van der Waals surface area contributed by atoms with Crippen LogP contribution in [0.4, 0.5) is 14.9 Å². The van der Waals surface area contributed by atoms with Gasteiger partial charge >= 0.3 is 12.0 Å². The number of aromatic nitrogens is 1. The monoisotopic (exact) mass is 632 g/mol. The van der Waals surface area contributed by atoms with Gasteiger partial charge in [0.1, 0.15) is 5.82 Å². The lowest BCUT2D eigenvalue weighted by atomic mass is 9.86. The first-order valence-corrected chi connectivity index (χ1v) is 15.7. The minimum atomic E-state index is -1.20. The molecule has 11 heteroatoms. The Morgan fingerprint density at radius 1 is 1.07 bits per heavy atom. The molecular weight excluding hydrogens is 591 g/mol. The van der Waals surface area contributed by atoms with Gasteiger partial charge in [-0.2, -0.15) is 0 Å². The Kier molecular flexibility index (Phi) is 10.8. The highest BCUT2D eigenvalue weighted by Crippen LogP contribution is 2.39. The predicted molar refractivity (Wildman–Crippen MR) is 173 cm³/mol. The highest BCUT2D eigenvalue weighted by molar-refractivity contribution is 5.89. The van der Waals surface area contributed by atoms with E-state index in [2.05, 4.69) is 10.7 Å². The summed E-state index contributed by atoms with van der Waals surface area (Å²) in [5.74, 6) is -1.48. The van der Waals surface area contributed by atoms with E-state index in [0.29, 0.717) is 44.8 Å². The van der Waals surface area contributed by atoms with Crippen molar-refractivity contribution in [3.8, 4) is 11.1 Å². The predicted octanol–water partition coefficient (Wildman–Crippen LogP) is 4.67. The van der Waals surface area contributed by atoms with Crippen LogP contribution in [0.15, 0.2) is 48.5 Å². The molecule has 2 amide bonds. The van der Waals surface area contributed by atoms with Gasteiger partial charge in [0.25, 0.3) is 0 Å². The van der Waals surface area contributed by atoms with Crippen LogP contribution in [0, 0.1) is 5.82 Å². The number of carbonyl (C=O) groups is 2. The average Bonchev–Trinajstić information content (AvgIpc) is 3.18. The van der Waals surface area contributed by atoms with Gasteiger partial charge < -0.3 is 25.4 Å².